The Labute approximate surface area is 223 Å². The molecule has 200 valence electrons. The van der Waals surface area contributed by atoms with Crippen LogP contribution >= 0.6 is 0 Å². The number of halogens is 1. The summed E-state index contributed by atoms with van der Waals surface area (Å²) in [6.07, 6.45) is 4.98. The predicted molar refractivity (Wildman–Crippen MR) is 142 cm³/mol. The van der Waals surface area contributed by atoms with Crippen LogP contribution < -0.4 is 4.72 Å². The van der Waals surface area contributed by atoms with Gasteiger partial charge in [0.05, 0.1) is 27.9 Å². The molecular formula is C27H25FN6O4S. The number of fused-ring (bicyclic) bond motifs is 1. The number of hydrogen-bond donors (Lipinski definition) is 3. The number of aromatic amines is 1. The molecule has 1 aromatic carbocycles. The van der Waals surface area contributed by atoms with Gasteiger partial charge in [-0.05, 0) is 57.0 Å². The molecule has 39 heavy (non-hydrogen) atoms. The second kappa shape index (κ2) is 9.24. The van der Waals surface area contributed by atoms with Gasteiger partial charge < -0.3 is 14.6 Å². The number of aryl methyl sites for hydroxylation is 2. The van der Waals surface area contributed by atoms with Crippen molar-refractivity contribution in [2.24, 2.45) is 0 Å². The maximum Gasteiger partial charge on any atom is 0.237 e. The standard InChI is InChI=1S/C27H25FN6O4S/c1-15-22(16(2)38-33-15)18-14-19(27(35,20-10-3-5-12-29-20)21-11-4-6-13-30-21)24-25(23(18)28)32-26(31-24)34-39(36,37)17-8-7-9-17/h3-6,10-14,17,35H,7-9H2,1-2H3,(H2,31,32,34). The van der Waals surface area contributed by atoms with Gasteiger partial charge in [0.1, 0.15) is 16.8 Å². The number of nitrogens with zero attached hydrogens (tertiary/aromatic N) is 4. The maximum atomic E-state index is 16.2. The first-order chi connectivity index (χ1) is 18.7. The Morgan fingerprint density at radius 1 is 1.10 bits per heavy atom. The molecule has 0 spiro atoms. The predicted octanol–water partition coefficient (Wildman–Crippen LogP) is 4.34. The molecule has 5 aromatic rings. The van der Waals surface area contributed by atoms with Crippen molar-refractivity contribution in [3.63, 3.8) is 0 Å². The maximum absolute atomic E-state index is 16.2. The number of pyridine rings is 2. The Morgan fingerprint density at radius 3 is 2.28 bits per heavy atom. The van der Waals surface area contributed by atoms with Gasteiger partial charge in [-0.25, -0.2) is 17.8 Å². The lowest BCUT2D eigenvalue weighted by Crippen LogP contribution is -2.33. The van der Waals surface area contributed by atoms with Crippen LogP contribution in [0, 0.1) is 19.7 Å². The monoisotopic (exact) mass is 548 g/mol. The number of nitrogens with one attached hydrogen (secondary N) is 2. The molecule has 1 saturated carbocycles. The smallest absolute Gasteiger partial charge is 0.237 e. The van der Waals surface area contributed by atoms with Crippen molar-refractivity contribution >= 4 is 27.0 Å². The van der Waals surface area contributed by atoms with E-state index < -0.39 is 26.7 Å². The normalized spacial score (nSPS) is 14.5. The third-order valence-electron chi connectivity index (χ3n) is 7.20. The van der Waals surface area contributed by atoms with Crippen LogP contribution in [0.25, 0.3) is 22.2 Å². The van der Waals surface area contributed by atoms with Gasteiger partial charge in [0.2, 0.25) is 16.0 Å². The summed E-state index contributed by atoms with van der Waals surface area (Å²) in [4.78, 5) is 16.1. The number of aliphatic hydroxyl groups is 1. The minimum Gasteiger partial charge on any atom is -0.373 e. The van der Waals surface area contributed by atoms with Crippen molar-refractivity contribution < 1.29 is 22.4 Å². The largest absolute Gasteiger partial charge is 0.373 e. The molecule has 0 aliphatic heterocycles. The van der Waals surface area contributed by atoms with Crippen molar-refractivity contribution in [1.29, 1.82) is 0 Å². The lowest BCUT2D eigenvalue weighted by Gasteiger charge is -2.28. The Hall–Kier alpha value is -4.16. The van der Waals surface area contributed by atoms with Crippen molar-refractivity contribution in [3.05, 3.63) is 89.1 Å². The van der Waals surface area contributed by atoms with Gasteiger partial charge in [0.25, 0.3) is 0 Å². The van der Waals surface area contributed by atoms with E-state index in [-0.39, 0.29) is 39.5 Å². The summed E-state index contributed by atoms with van der Waals surface area (Å²) in [7, 11) is -3.73. The topological polar surface area (TPSA) is 147 Å². The van der Waals surface area contributed by atoms with Gasteiger partial charge in [0, 0.05) is 23.5 Å². The van der Waals surface area contributed by atoms with E-state index in [1.807, 2.05) is 0 Å². The highest BCUT2D eigenvalue weighted by atomic mass is 32.2. The number of imidazole rings is 1. The molecule has 0 unspecified atom stereocenters. The molecule has 10 nitrogen and oxygen atoms in total. The molecule has 0 amide bonds. The zero-order chi connectivity index (χ0) is 27.4. The van der Waals surface area contributed by atoms with E-state index in [0.717, 1.165) is 6.42 Å². The van der Waals surface area contributed by atoms with Crippen molar-refractivity contribution in [2.45, 2.75) is 44.0 Å². The third-order valence-corrected chi connectivity index (χ3v) is 9.02. The van der Waals surface area contributed by atoms with E-state index in [2.05, 4.69) is 29.8 Å². The molecule has 1 aliphatic carbocycles. The molecule has 0 radical (unpaired) electrons. The Kier molecular flexibility index (Phi) is 5.96. The van der Waals surface area contributed by atoms with Gasteiger partial charge in [-0.15, -0.1) is 0 Å². The molecule has 12 heteroatoms. The van der Waals surface area contributed by atoms with Gasteiger partial charge >= 0.3 is 0 Å². The van der Waals surface area contributed by atoms with E-state index in [1.54, 1.807) is 50.2 Å². The number of aromatic nitrogens is 5. The number of hydrogen-bond acceptors (Lipinski definition) is 8. The summed E-state index contributed by atoms with van der Waals surface area (Å²) in [5, 5.41) is 15.9. The lowest BCUT2D eigenvalue weighted by molar-refractivity contribution is 0.117. The van der Waals surface area contributed by atoms with Crippen LogP contribution in [-0.4, -0.2) is 43.9 Å². The minimum atomic E-state index is -3.73. The van der Waals surface area contributed by atoms with Crippen LogP contribution in [0.5, 0.6) is 0 Å². The van der Waals surface area contributed by atoms with Crippen LogP contribution in [0.1, 0.15) is 47.7 Å². The van der Waals surface area contributed by atoms with Gasteiger partial charge in [-0.2, -0.15) is 0 Å². The third kappa shape index (κ3) is 4.07. The van der Waals surface area contributed by atoms with Crippen LogP contribution in [0.4, 0.5) is 10.3 Å². The van der Waals surface area contributed by atoms with Crippen LogP contribution in [-0.2, 0) is 15.6 Å². The number of H-pyrrole nitrogens is 1. The van der Waals surface area contributed by atoms with Crippen LogP contribution in [0.15, 0.2) is 59.4 Å². The fourth-order valence-electron chi connectivity index (χ4n) is 4.97. The SMILES string of the molecule is Cc1noc(C)c1-c1cc(C(O)(c2ccccn2)c2ccccn2)c2nc(NS(=O)(=O)C3CCC3)[nH]c2c1F. The Morgan fingerprint density at radius 2 is 1.77 bits per heavy atom. The first kappa shape index (κ1) is 25.1. The summed E-state index contributed by atoms with van der Waals surface area (Å²) < 4.78 is 49.7. The average Bonchev–Trinajstić information content (AvgIpc) is 3.46. The summed E-state index contributed by atoms with van der Waals surface area (Å²) >= 11 is 0. The van der Waals surface area contributed by atoms with Crippen molar-refractivity contribution in [1.82, 2.24) is 25.1 Å². The average molecular weight is 549 g/mol. The van der Waals surface area contributed by atoms with Gasteiger partial charge in [-0.3, -0.25) is 14.7 Å². The minimum absolute atomic E-state index is 0.0214. The molecule has 3 N–H and O–H groups in total. The second-order valence-corrected chi connectivity index (χ2v) is 11.6. The lowest BCUT2D eigenvalue weighted by atomic mass is 9.83. The van der Waals surface area contributed by atoms with Gasteiger partial charge in [-0.1, -0.05) is 23.7 Å². The molecule has 0 bridgehead atoms. The fraction of sp³-hybridized carbons (Fsp3) is 0.259. The van der Waals surface area contributed by atoms with Crippen molar-refractivity contribution in [3.8, 4) is 11.1 Å². The summed E-state index contributed by atoms with van der Waals surface area (Å²) in [5.74, 6) is -0.479. The van der Waals surface area contributed by atoms with E-state index in [9.17, 15) is 13.5 Å². The quantitative estimate of drug-likeness (QED) is 0.272. The van der Waals surface area contributed by atoms with Gasteiger partial charge in [0.15, 0.2) is 11.4 Å². The molecule has 0 atom stereocenters. The summed E-state index contributed by atoms with van der Waals surface area (Å²) in [6.45, 7) is 3.34. The van der Waals surface area contributed by atoms with Crippen LogP contribution in [0.2, 0.25) is 0 Å². The van der Waals surface area contributed by atoms with E-state index in [0.29, 0.717) is 29.9 Å². The number of rotatable bonds is 7. The molecule has 1 fully saturated rings. The summed E-state index contributed by atoms with van der Waals surface area (Å²) in [6, 6.07) is 11.6. The highest BCUT2D eigenvalue weighted by Crippen LogP contribution is 2.43. The molecular weight excluding hydrogens is 523 g/mol. The van der Waals surface area contributed by atoms with E-state index in [4.69, 9.17) is 4.52 Å². The fourth-order valence-corrected chi connectivity index (χ4v) is 6.46. The molecule has 4 aromatic heterocycles. The zero-order valence-corrected chi connectivity index (χ0v) is 22.0. The van der Waals surface area contributed by atoms with E-state index in [1.165, 1.54) is 18.5 Å². The molecule has 1 aliphatic rings. The number of anilines is 1. The summed E-state index contributed by atoms with van der Waals surface area (Å²) in [5.41, 5.74) is -0.518. The molecule has 6 rings (SSSR count). The van der Waals surface area contributed by atoms with Crippen molar-refractivity contribution in [2.75, 3.05) is 4.72 Å². The number of benzene rings is 1. The molecule has 0 saturated heterocycles. The highest BCUT2D eigenvalue weighted by molar-refractivity contribution is 7.93. The molecule has 4 heterocycles. The zero-order valence-electron chi connectivity index (χ0n) is 21.1. The first-order valence-electron chi connectivity index (χ1n) is 12.4. The van der Waals surface area contributed by atoms with E-state index >= 15 is 4.39 Å². The first-order valence-corrected chi connectivity index (χ1v) is 14.0. The highest BCUT2D eigenvalue weighted by Gasteiger charge is 2.41. The Bertz CT molecular complexity index is 1720. The Balaban J connectivity index is 1.66. The second-order valence-electron chi connectivity index (χ2n) is 9.63. The number of sulfonamides is 1. The van der Waals surface area contributed by atoms with Crippen LogP contribution in [0.3, 0.4) is 0 Å².